The van der Waals surface area contributed by atoms with Gasteiger partial charge >= 0.3 is 0 Å². The molecule has 0 bridgehead atoms. The molecule has 1 fully saturated rings. The highest BCUT2D eigenvalue weighted by atomic mass is 16.5. The topological polar surface area (TPSA) is 39.7 Å². The number of hydrogen-bond acceptors (Lipinski definition) is 4. The van der Waals surface area contributed by atoms with E-state index < -0.39 is 0 Å². The number of hydrogen-bond donors (Lipinski definition) is 1. The van der Waals surface area contributed by atoms with E-state index in [9.17, 15) is 0 Å². The van der Waals surface area contributed by atoms with Gasteiger partial charge in [-0.15, -0.1) is 0 Å². The predicted octanol–water partition coefficient (Wildman–Crippen LogP) is 3.13. The molecule has 4 nitrogen and oxygen atoms in total. The first-order chi connectivity index (χ1) is 9.68. The Morgan fingerprint density at radius 2 is 1.65 bits per heavy atom. The molecule has 0 heterocycles. The van der Waals surface area contributed by atoms with Crippen molar-refractivity contribution < 1.29 is 14.2 Å². The van der Waals surface area contributed by atoms with Crippen molar-refractivity contribution in [2.45, 2.75) is 44.7 Å². The van der Waals surface area contributed by atoms with E-state index in [0.717, 1.165) is 12.1 Å². The monoisotopic (exact) mass is 279 g/mol. The molecular formula is C16H25NO3. The maximum Gasteiger partial charge on any atom is 0.203 e. The molecule has 1 N–H and O–H groups in total. The smallest absolute Gasteiger partial charge is 0.203 e. The molecule has 112 valence electrons. The summed E-state index contributed by atoms with van der Waals surface area (Å²) in [6, 6.07) is 4.02. The first kappa shape index (κ1) is 15.0. The fourth-order valence-electron chi connectivity index (χ4n) is 2.79. The van der Waals surface area contributed by atoms with Crippen LogP contribution in [-0.2, 0) is 6.54 Å². The predicted molar refractivity (Wildman–Crippen MR) is 79.8 cm³/mol. The van der Waals surface area contributed by atoms with Crippen LogP contribution < -0.4 is 19.5 Å². The largest absolute Gasteiger partial charge is 0.493 e. The van der Waals surface area contributed by atoms with Crippen LogP contribution in [0.4, 0.5) is 0 Å². The van der Waals surface area contributed by atoms with Gasteiger partial charge in [-0.3, -0.25) is 0 Å². The molecule has 0 radical (unpaired) electrons. The van der Waals surface area contributed by atoms with Crippen molar-refractivity contribution in [3.8, 4) is 17.2 Å². The van der Waals surface area contributed by atoms with Crippen LogP contribution in [-0.4, -0.2) is 26.9 Å². The van der Waals surface area contributed by atoms with Crippen molar-refractivity contribution >= 4 is 0 Å². The van der Waals surface area contributed by atoms with Crippen LogP contribution in [0.15, 0.2) is 12.1 Å². The standard InChI is InChI=1S/C16H25NO3/c1-5-16(7-6-8-16)17-11-12-9-13(18-2)15(20-4)14(10-12)19-3/h9-10,17H,5-8,11H2,1-4H3. The highest BCUT2D eigenvalue weighted by Crippen LogP contribution is 2.39. The molecule has 1 aliphatic carbocycles. The lowest BCUT2D eigenvalue weighted by Crippen LogP contribution is -2.49. The van der Waals surface area contributed by atoms with Crippen LogP contribution >= 0.6 is 0 Å². The minimum Gasteiger partial charge on any atom is -0.493 e. The Kier molecular flexibility index (Phi) is 4.76. The summed E-state index contributed by atoms with van der Waals surface area (Å²) in [5.41, 5.74) is 1.49. The summed E-state index contributed by atoms with van der Waals surface area (Å²) in [4.78, 5) is 0. The van der Waals surface area contributed by atoms with Crippen molar-refractivity contribution in [1.29, 1.82) is 0 Å². The summed E-state index contributed by atoms with van der Waals surface area (Å²) in [5, 5.41) is 3.69. The fraction of sp³-hybridized carbons (Fsp3) is 0.625. The van der Waals surface area contributed by atoms with E-state index in [1.165, 1.54) is 25.7 Å². The van der Waals surface area contributed by atoms with Crippen LogP contribution in [0.2, 0.25) is 0 Å². The molecule has 0 aliphatic heterocycles. The highest BCUT2D eigenvalue weighted by Gasteiger charge is 2.34. The molecule has 1 saturated carbocycles. The maximum absolute atomic E-state index is 5.39. The van der Waals surface area contributed by atoms with Crippen LogP contribution in [0.3, 0.4) is 0 Å². The van der Waals surface area contributed by atoms with E-state index in [1.54, 1.807) is 21.3 Å². The van der Waals surface area contributed by atoms with Gasteiger partial charge in [-0.05, 0) is 43.4 Å². The van der Waals surface area contributed by atoms with E-state index in [-0.39, 0.29) is 0 Å². The maximum atomic E-state index is 5.39. The van der Waals surface area contributed by atoms with Gasteiger partial charge in [-0.2, -0.15) is 0 Å². The summed E-state index contributed by atoms with van der Waals surface area (Å²) in [6.45, 7) is 3.08. The number of benzene rings is 1. The second kappa shape index (κ2) is 6.35. The second-order valence-electron chi connectivity index (χ2n) is 5.37. The minimum absolute atomic E-state index is 0.334. The highest BCUT2D eigenvalue weighted by molar-refractivity contribution is 5.53. The second-order valence-corrected chi connectivity index (χ2v) is 5.37. The average Bonchev–Trinajstić information content (AvgIpc) is 2.45. The Hall–Kier alpha value is -1.42. The lowest BCUT2D eigenvalue weighted by Gasteiger charge is -2.42. The zero-order valence-electron chi connectivity index (χ0n) is 12.9. The van der Waals surface area contributed by atoms with E-state index in [4.69, 9.17) is 14.2 Å². The van der Waals surface area contributed by atoms with Gasteiger partial charge in [0.05, 0.1) is 21.3 Å². The molecule has 4 heteroatoms. The van der Waals surface area contributed by atoms with Gasteiger partial charge in [0, 0.05) is 12.1 Å². The van der Waals surface area contributed by atoms with Gasteiger partial charge in [0.15, 0.2) is 11.5 Å². The Morgan fingerprint density at radius 3 is 2.00 bits per heavy atom. The molecule has 0 unspecified atom stereocenters. The van der Waals surface area contributed by atoms with Crippen LogP contribution in [0.1, 0.15) is 38.2 Å². The lowest BCUT2D eigenvalue weighted by molar-refractivity contribution is 0.175. The SMILES string of the molecule is CCC1(NCc2cc(OC)c(OC)c(OC)c2)CCC1. The van der Waals surface area contributed by atoms with E-state index in [1.807, 2.05) is 12.1 Å². The molecule has 1 aliphatic rings. The van der Waals surface area contributed by atoms with Gasteiger partial charge in [0.1, 0.15) is 0 Å². The molecule has 0 amide bonds. The Balaban J connectivity index is 2.15. The summed E-state index contributed by atoms with van der Waals surface area (Å²) < 4.78 is 16.1. The fourth-order valence-corrected chi connectivity index (χ4v) is 2.79. The van der Waals surface area contributed by atoms with Crippen molar-refractivity contribution in [3.63, 3.8) is 0 Å². The first-order valence-corrected chi connectivity index (χ1v) is 7.22. The molecule has 0 spiro atoms. The number of methoxy groups -OCH3 is 3. The van der Waals surface area contributed by atoms with Crippen molar-refractivity contribution in [1.82, 2.24) is 5.32 Å². The molecular weight excluding hydrogens is 254 g/mol. The van der Waals surface area contributed by atoms with E-state index >= 15 is 0 Å². The van der Waals surface area contributed by atoms with Crippen LogP contribution in [0.5, 0.6) is 17.2 Å². The van der Waals surface area contributed by atoms with E-state index in [0.29, 0.717) is 22.8 Å². The van der Waals surface area contributed by atoms with Crippen molar-refractivity contribution in [2.24, 2.45) is 0 Å². The molecule has 2 rings (SSSR count). The lowest BCUT2D eigenvalue weighted by atomic mass is 9.75. The quantitative estimate of drug-likeness (QED) is 0.832. The van der Waals surface area contributed by atoms with Crippen molar-refractivity contribution in [3.05, 3.63) is 17.7 Å². The Labute approximate surface area is 121 Å². The molecule has 1 aromatic rings. The summed E-state index contributed by atoms with van der Waals surface area (Å²) in [7, 11) is 4.92. The molecule has 1 aromatic carbocycles. The Bertz CT molecular complexity index is 425. The minimum atomic E-state index is 0.334. The zero-order chi connectivity index (χ0) is 14.6. The summed E-state index contributed by atoms with van der Waals surface area (Å²) in [6.07, 6.45) is 5.05. The normalized spacial score (nSPS) is 16.4. The van der Waals surface area contributed by atoms with Gasteiger partial charge in [-0.25, -0.2) is 0 Å². The third kappa shape index (κ3) is 2.85. The van der Waals surface area contributed by atoms with Crippen LogP contribution in [0, 0.1) is 0 Å². The van der Waals surface area contributed by atoms with E-state index in [2.05, 4.69) is 12.2 Å². The van der Waals surface area contributed by atoms with Gasteiger partial charge < -0.3 is 19.5 Å². The molecule has 0 atom stereocenters. The Morgan fingerprint density at radius 1 is 1.05 bits per heavy atom. The van der Waals surface area contributed by atoms with Gasteiger partial charge in [-0.1, -0.05) is 6.92 Å². The number of nitrogens with one attached hydrogen (secondary N) is 1. The van der Waals surface area contributed by atoms with Crippen LogP contribution in [0.25, 0.3) is 0 Å². The van der Waals surface area contributed by atoms with Gasteiger partial charge in [0.2, 0.25) is 5.75 Å². The third-order valence-electron chi connectivity index (χ3n) is 4.38. The summed E-state index contributed by atoms with van der Waals surface area (Å²) in [5.74, 6) is 2.07. The number of ether oxygens (including phenoxy) is 3. The first-order valence-electron chi connectivity index (χ1n) is 7.22. The summed E-state index contributed by atoms with van der Waals surface area (Å²) >= 11 is 0. The average molecular weight is 279 g/mol. The number of rotatable bonds is 7. The van der Waals surface area contributed by atoms with Crippen molar-refractivity contribution in [2.75, 3.05) is 21.3 Å². The zero-order valence-corrected chi connectivity index (χ0v) is 12.9. The van der Waals surface area contributed by atoms with Gasteiger partial charge in [0.25, 0.3) is 0 Å². The molecule has 20 heavy (non-hydrogen) atoms. The molecule has 0 saturated heterocycles. The third-order valence-corrected chi connectivity index (χ3v) is 4.38. The molecule has 0 aromatic heterocycles.